The second-order valence-electron chi connectivity index (χ2n) is 7.23. The van der Waals surface area contributed by atoms with Crippen molar-refractivity contribution in [3.05, 3.63) is 90.0 Å². The van der Waals surface area contributed by atoms with Crippen molar-refractivity contribution in [1.29, 1.82) is 0 Å². The summed E-state index contributed by atoms with van der Waals surface area (Å²) in [5.41, 5.74) is 2.19. The topological polar surface area (TPSA) is 46.1 Å². The third-order valence-corrected chi connectivity index (χ3v) is 6.07. The molecule has 0 aliphatic heterocycles. The SMILES string of the molecule is CCN(Cc1cccc(F)c1)C(=O)CSc1nnc(-c2ccc(F)cc2)c2ccccc12. The maximum absolute atomic E-state index is 13.5. The van der Waals surface area contributed by atoms with Crippen LogP contribution in [0.4, 0.5) is 8.78 Å². The number of aromatic nitrogens is 2. The van der Waals surface area contributed by atoms with Crippen LogP contribution in [0.15, 0.2) is 77.8 Å². The van der Waals surface area contributed by atoms with E-state index in [-0.39, 0.29) is 23.3 Å². The predicted molar refractivity (Wildman–Crippen MR) is 123 cm³/mol. The first-order valence-electron chi connectivity index (χ1n) is 10.2. The van der Waals surface area contributed by atoms with Crippen molar-refractivity contribution in [2.24, 2.45) is 0 Å². The van der Waals surface area contributed by atoms with Crippen molar-refractivity contribution in [3.63, 3.8) is 0 Å². The number of hydrogen-bond donors (Lipinski definition) is 0. The molecule has 0 spiro atoms. The number of rotatable bonds is 7. The second-order valence-corrected chi connectivity index (χ2v) is 8.20. The Morgan fingerprint density at radius 2 is 1.66 bits per heavy atom. The fourth-order valence-corrected chi connectivity index (χ4v) is 4.34. The van der Waals surface area contributed by atoms with Crippen LogP contribution < -0.4 is 0 Å². The lowest BCUT2D eigenvalue weighted by atomic mass is 10.1. The quantitative estimate of drug-likeness (QED) is 0.339. The molecular weight excluding hydrogens is 428 g/mol. The number of amides is 1. The lowest BCUT2D eigenvalue weighted by Crippen LogP contribution is -2.31. The van der Waals surface area contributed by atoms with Gasteiger partial charge in [-0.3, -0.25) is 4.79 Å². The Bertz CT molecular complexity index is 1250. The lowest BCUT2D eigenvalue weighted by molar-refractivity contribution is -0.128. The van der Waals surface area contributed by atoms with Crippen LogP contribution in [0.25, 0.3) is 22.0 Å². The summed E-state index contributed by atoms with van der Waals surface area (Å²) in [5, 5.41) is 11.1. The molecule has 0 saturated carbocycles. The van der Waals surface area contributed by atoms with Crippen molar-refractivity contribution in [3.8, 4) is 11.3 Å². The lowest BCUT2D eigenvalue weighted by Gasteiger charge is -2.21. The zero-order chi connectivity index (χ0) is 22.5. The number of carbonyl (C=O) groups excluding carboxylic acids is 1. The summed E-state index contributed by atoms with van der Waals surface area (Å²) in [7, 11) is 0. The molecule has 0 saturated heterocycles. The molecule has 1 amide bonds. The summed E-state index contributed by atoms with van der Waals surface area (Å²) in [6, 6.07) is 20.1. The molecule has 0 aliphatic rings. The molecule has 7 heteroatoms. The van der Waals surface area contributed by atoms with Crippen LogP contribution in [0.1, 0.15) is 12.5 Å². The second kappa shape index (κ2) is 9.87. The van der Waals surface area contributed by atoms with Crippen molar-refractivity contribution in [2.75, 3.05) is 12.3 Å². The van der Waals surface area contributed by atoms with Crippen LogP contribution in [-0.4, -0.2) is 33.3 Å². The van der Waals surface area contributed by atoms with Crippen LogP contribution in [0.3, 0.4) is 0 Å². The zero-order valence-electron chi connectivity index (χ0n) is 17.5. The maximum Gasteiger partial charge on any atom is 0.233 e. The zero-order valence-corrected chi connectivity index (χ0v) is 18.3. The van der Waals surface area contributed by atoms with Gasteiger partial charge in [0, 0.05) is 29.4 Å². The number of nitrogens with zero attached hydrogens (tertiary/aromatic N) is 3. The Labute approximate surface area is 189 Å². The van der Waals surface area contributed by atoms with Crippen LogP contribution in [0, 0.1) is 11.6 Å². The van der Waals surface area contributed by atoms with Gasteiger partial charge < -0.3 is 4.90 Å². The number of thioether (sulfide) groups is 1. The molecule has 0 fully saturated rings. The summed E-state index contributed by atoms with van der Waals surface area (Å²) < 4.78 is 26.8. The Hall–Kier alpha value is -3.32. The molecule has 1 heterocycles. The van der Waals surface area contributed by atoms with E-state index in [0.29, 0.717) is 23.8 Å². The number of fused-ring (bicyclic) bond motifs is 1. The van der Waals surface area contributed by atoms with Crippen LogP contribution in [0.2, 0.25) is 0 Å². The first kappa shape index (κ1) is 21.9. The molecule has 0 aliphatic carbocycles. The summed E-state index contributed by atoms with van der Waals surface area (Å²) in [6.07, 6.45) is 0. The van der Waals surface area contributed by atoms with Crippen molar-refractivity contribution in [1.82, 2.24) is 15.1 Å². The van der Waals surface area contributed by atoms with Gasteiger partial charge in [-0.1, -0.05) is 48.2 Å². The van der Waals surface area contributed by atoms with E-state index in [4.69, 9.17) is 0 Å². The van der Waals surface area contributed by atoms with Gasteiger partial charge in [-0.05, 0) is 48.9 Å². The largest absolute Gasteiger partial charge is 0.338 e. The third-order valence-electron chi connectivity index (χ3n) is 5.10. The minimum absolute atomic E-state index is 0.0600. The standard InChI is InChI=1S/C25H21F2N3OS/c1-2-30(15-17-6-5-7-20(27)14-17)23(31)16-32-25-22-9-4-3-8-21(22)24(28-29-25)18-10-12-19(26)13-11-18/h3-14H,2,15-16H2,1H3. The first-order chi connectivity index (χ1) is 15.5. The van der Waals surface area contributed by atoms with Gasteiger partial charge in [-0.2, -0.15) is 0 Å². The number of carbonyl (C=O) groups is 1. The normalized spacial score (nSPS) is 11.0. The highest BCUT2D eigenvalue weighted by molar-refractivity contribution is 8.00. The van der Waals surface area contributed by atoms with Crippen molar-refractivity contribution in [2.45, 2.75) is 18.5 Å². The van der Waals surface area contributed by atoms with Crippen LogP contribution >= 0.6 is 11.8 Å². The average molecular weight is 450 g/mol. The molecule has 1 aromatic heterocycles. The molecule has 0 bridgehead atoms. The van der Waals surface area contributed by atoms with Gasteiger partial charge >= 0.3 is 0 Å². The number of hydrogen-bond acceptors (Lipinski definition) is 4. The van der Waals surface area contributed by atoms with E-state index in [1.807, 2.05) is 31.2 Å². The van der Waals surface area contributed by atoms with E-state index in [1.54, 1.807) is 29.2 Å². The Kier molecular flexibility index (Phi) is 6.75. The van der Waals surface area contributed by atoms with E-state index < -0.39 is 0 Å². The Morgan fingerprint density at radius 3 is 2.38 bits per heavy atom. The van der Waals surface area contributed by atoms with Gasteiger partial charge in [0.2, 0.25) is 5.91 Å². The molecule has 0 atom stereocenters. The Morgan fingerprint density at radius 1 is 0.906 bits per heavy atom. The molecule has 3 aromatic carbocycles. The van der Waals surface area contributed by atoms with Gasteiger partial charge in [0.15, 0.2) is 0 Å². The predicted octanol–water partition coefficient (Wildman–Crippen LogP) is 5.72. The molecule has 0 N–H and O–H groups in total. The fourth-order valence-electron chi connectivity index (χ4n) is 3.46. The van der Waals surface area contributed by atoms with E-state index in [2.05, 4.69) is 10.2 Å². The Balaban J connectivity index is 1.53. The van der Waals surface area contributed by atoms with Gasteiger partial charge in [-0.15, -0.1) is 10.2 Å². The minimum atomic E-state index is -0.316. The van der Waals surface area contributed by atoms with E-state index in [1.165, 1.54) is 36.0 Å². The monoisotopic (exact) mass is 449 g/mol. The highest BCUT2D eigenvalue weighted by atomic mass is 32.2. The van der Waals surface area contributed by atoms with Gasteiger partial charge in [0.1, 0.15) is 22.4 Å². The van der Waals surface area contributed by atoms with Crippen LogP contribution in [0.5, 0.6) is 0 Å². The molecule has 32 heavy (non-hydrogen) atoms. The number of halogens is 2. The minimum Gasteiger partial charge on any atom is -0.338 e. The maximum atomic E-state index is 13.5. The molecular formula is C25H21F2N3OS. The van der Waals surface area contributed by atoms with Crippen molar-refractivity contribution >= 4 is 28.4 Å². The number of benzene rings is 3. The van der Waals surface area contributed by atoms with E-state index >= 15 is 0 Å². The fraction of sp³-hybridized carbons (Fsp3) is 0.160. The van der Waals surface area contributed by atoms with Gasteiger partial charge in [0.25, 0.3) is 0 Å². The van der Waals surface area contributed by atoms with Gasteiger partial charge in [-0.25, -0.2) is 8.78 Å². The molecule has 4 aromatic rings. The summed E-state index contributed by atoms with van der Waals surface area (Å²) in [6.45, 7) is 2.77. The smallest absolute Gasteiger partial charge is 0.233 e. The molecule has 4 rings (SSSR count). The summed E-state index contributed by atoms with van der Waals surface area (Å²) in [4.78, 5) is 14.5. The first-order valence-corrected chi connectivity index (χ1v) is 11.2. The highest BCUT2D eigenvalue weighted by Gasteiger charge is 2.16. The van der Waals surface area contributed by atoms with Gasteiger partial charge in [0.05, 0.1) is 5.75 Å². The molecule has 4 nitrogen and oxygen atoms in total. The van der Waals surface area contributed by atoms with Crippen molar-refractivity contribution < 1.29 is 13.6 Å². The average Bonchev–Trinajstić information content (AvgIpc) is 2.81. The highest BCUT2D eigenvalue weighted by Crippen LogP contribution is 2.32. The van der Waals surface area contributed by atoms with E-state index in [9.17, 15) is 13.6 Å². The summed E-state index contributed by atoms with van der Waals surface area (Å²) in [5.74, 6) is -0.494. The molecule has 0 radical (unpaired) electrons. The third kappa shape index (κ3) is 4.94. The van der Waals surface area contributed by atoms with Crippen LogP contribution in [-0.2, 0) is 11.3 Å². The molecule has 162 valence electrons. The molecule has 0 unspecified atom stereocenters. The summed E-state index contributed by atoms with van der Waals surface area (Å²) >= 11 is 1.32. The van der Waals surface area contributed by atoms with E-state index in [0.717, 1.165) is 21.9 Å².